The number of carbonyl (C=O) groups is 1. The number of hydrogen-bond acceptors (Lipinski definition) is 7. The summed E-state index contributed by atoms with van der Waals surface area (Å²) in [7, 11) is 0. The number of esters is 1. The standard InChI is InChI=1S/C19H19NO5S/c1-2-23-18(22)14-7-3-5-9-16(14)24-11-13(21)12-26-19-20-15-8-4-6-10-17(15)25-19/h3-10,13,21H,2,11-12H2,1H3. The summed E-state index contributed by atoms with van der Waals surface area (Å²) in [6.07, 6.45) is -0.745. The van der Waals surface area contributed by atoms with Crippen LogP contribution in [0.2, 0.25) is 0 Å². The van der Waals surface area contributed by atoms with Crippen molar-refractivity contribution in [3.8, 4) is 5.75 Å². The summed E-state index contributed by atoms with van der Waals surface area (Å²) in [6, 6.07) is 14.3. The van der Waals surface area contributed by atoms with E-state index in [4.69, 9.17) is 13.9 Å². The highest BCUT2D eigenvalue weighted by Gasteiger charge is 2.15. The summed E-state index contributed by atoms with van der Waals surface area (Å²) < 4.78 is 16.2. The molecule has 1 N–H and O–H groups in total. The van der Waals surface area contributed by atoms with Gasteiger partial charge in [0.25, 0.3) is 5.22 Å². The molecule has 1 atom stereocenters. The third-order valence-corrected chi connectivity index (χ3v) is 4.46. The monoisotopic (exact) mass is 373 g/mol. The van der Waals surface area contributed by atoms with Crippen LogP contribution in [0.4, 0.5) is 0 Å². The Balaban J connectivity index is 1.54. The van der Waals surface area contributed by atoms with Gasteiger partial charge in [-0.2, -0.15) is 0 Å². The maximum atomic E-state index is 11.9. The average Bonchev–Trinajstić information content (AvgIpc) is 3.08. The van der Waals surface area contributed by atoms with Crippen molar-refractivity contribution < 1.29 is 23.8 Å². The van der Waals surface area contributed by atoms with Gasteiger partial charge in [0, 0.05) is 5.75 Å². The molecule has 3 aromatic rings. The molecule has 26 heavy (non-hydrogen) atoms. The number of aliphatic hydroxyl groups is 1. The first-order valence-electron chi connectivity index (χ1n) is 8.22. The van der Waals surface area contributed by atoms with Gasteiger partial charge in [0.1, 0.15) is 23.4 Å². The minimum Gasteiger partial charge on any atom is -0.490 e. The molecule has 0 aliphatic carbocycles. The van der Waals surface area contributed by atoms with E-state index < -0.39 is 12.1 Å². The fraction of sp³-hybridized carbons (Fsp3) is 0.263. The number of ether oxygens (including phenoxy) is 2. The Morgan fingerprint density at radius 2 is 2.00 bits per heavy atom. The highest BCUT2D eigenvalue weighted by Crippen LogP contribution is 2.24. The molecule has 0 radical (unpaired) electrons. The molecule has 7 heteroatoms. The van der Waals surface area contributed by atoms with E-state index in [9.17, 15) is 9.90 Å². The number of hydrogen-bond donors (Lipinski definition) is 1. The lowest BCUT2D eigenvalue weighted by atomic mass is 10.2. The summed E-state index contributed by atoms with van der Waals surface area (Å²) in [4.78, 5) is 16.3. The van der Waals surface area contributed by atoms with Crippen LogP contribution >= 0.6 is 11.8 Å². The van der Waals surface area contributed by atoms with Crippen molar-refractivity contribution in [1.82, 2.24) is 4.98 Å². The summed E-state index contributed by atoms with van der Waals surface area (Å²) in [5.41, 5.74) is 1.83. The molecular formula is C19H19NO5S. The molecule has 0 fully saturated rings. The smallest absolute Gasteiger partial charge is 0.341 e. The molecule has 0 aliphatic rings. The van der Waals surface area contributed by atoms with Crippen LogP contribution in [0.15, 0.2) is 58.2 Å². The number of thioether (sulfide) groups is 1. The molecule has 0 spiro atoms. The second kappa shape index (κ2) is 8.73. The van der Waals surface area contributed by atoms with E-state index in [0.29, 0.717) is 27.9 Å². The molecule has 1 heterocycles. The molecule has 6 nitrogen and oxygen atoms in total. The van der Waals surface area contributed by atoms with Gasteiger partial charge in [-0.25, -0.2) is 9.78 Å². The Morgan fingerprint density at radius 1 is 1.23 bits per heavy atom. The molecule has 0 amide bonds. The topological polar surface area (TPSA) is 81.8 Å². The van der Waals surface area contributed by atoms with E-state index in [0.717, 1.165) is 5.52 Å². The van der Waals surface area contributed by atoms with E-state index in [1.165, 1.54) is 11.8 Å². The SMILES string of the molecule is CCOC(=O)c1ccccc1OCC(O)CSc1nc2ccccc2o1. The molecule has 1 aromatic heterocycles. The number of carbonyl (C=O) groups excluding carboxylic acids is 1. The maximum absolute atomic E-state index is 11.9. The van der Waals surface area contributed by atoms with Crippen LogP contribution in [0.5, 0.6) is 5.75 Å². The molecule has 3 rings (SSSR count). The Morgan fingerprint density at radius 3 is 2.81 bits per heavy atom. The van der Waals surface area contributed by atoms with Gasteiger partial charge in [-0.3, -0.25) is 0 Å². The predicted octanol–water partition coefficient (Wildman–Crippen LogP) is 3.54. The largest absolute Gasteiger partial charge is 0.490 e. The lowest BCUT2D eigenvalue weighted by Crippen LogP contribution is -2.21. The summed E-state index contributed by atoms with van der Waals surface area (Å²) in [5, 5.41) is 10.6. The molecule has 136 valence electrons. The van der Waals surface area contributed by atoms with Gasteiger partial charge in [0.2, 0.25) is 0 Å². The number of oxazole rings is 1. The van der Waals surface area contributed by atoms with E-state index in [-0.39, 0.29) is 13.2 Å². The van der Waals surface area contributed by atoms with Crippen LogP contribution in [0.1, 0.15) is 17.3 Å². The first kappa shape index (κ1) is 18.3. The Bertz CT molecular complexity index is 846. The highest BCUT2D eigenvalue weighted by molar-refractivity contribution is 7.99. The average molecular weight is 373 g/mol. The third kappa shape index (κ3) is 4.56. The number of aliphatic hydroxyl groups excluding tert-OH is 1. The van der Waals surface area contributed by atoms with Crippen molar-refractivity contribution in [2.75, 3.05) is 19.0 Å². The summed E-state index contributed by atoms with van der Waals surface area (Å²) >= 11 is 1.31. The molecule has 0 aliphatic heterocycles. The summed E-state index contributed by atoms with van der Waals surface area (Å²) in [6.45, 7) is 2.08. The fourth-order valence-electron chi connectivity index (χ4n) is 2.28. The molecule has 2 aromatic carbocycles. The van der Waals surface area contributed by atoms with Gasteiger partial charge in [-0.15, -0.1) is 0 Å². The number of rotatable bonds is 8. The maximum Gasteiger partial charge on any atom is 0.341 e. The Kier molecular flexibility index (Phi) is 6.14. The quantitative estimate of drug-likeness (QED) is 0.478. The number of para-hydroxylation sites is 3. The van der Waals surface area contributed by atoms with Crippen molar-refractivity contribution in [2.45, 2.75) is 18.3 Å². The Hall–Kier alpha value is -2.51. The second-order valence-corrected chi connectivity index (χ2v) is 6.41. The van der Waals surface area contributed by atoms with E-state index in [2.05, 4.69) is 4.98 Å². The molecule has 1 unspecified atom stereocenters. The zero-order valence-electron chi connectivity index (χ0n) is 14.3. The Labute approximate surface area is 155 Å². The van der Waals surface area contributed by atoms with Gasteiger partial charge in [0.15, 0.2) is 5.58 Å². The van der Waals surface area contributed by atoms with Gasteiger partial charge < -0.3 is 19.0 Å². The first-order valence-corrected chi connectivity index (χ1v) is 9.21. The minimum atomic E-state index is -0.745. The van der Waals surface area contributed by atoms with Crippen LogP contribution in [0.3, 0.4) is 0 Å². The molecule has 0 saturated carbocycles. The predicted molar refractivity (Wildman–Crippen MR) is 98.6 cm³/mol. The van der Waals surface area contributed by atoms with Crippen LogP contribution in [-0.2, 0) is 4.74 Å². The third-order valence-electron chi connectivity index (χ3n) is 3.49. The number of benzene rings is 2. The minimum absolute atomic E-state index is 0.0453. The lowest BCUT2D eigenvalue weighted by molar-refractivity contribution is 0.0517. The molecule has 0 bridgehead atoms. The van der Waals surface area contributed by atoms with Crippen molar-refractivity contribution >= 4 is 28.8 Å². The van der Waals surface area contributed by atoms with Gasteiger partial charge >= 0.3 is 5.97 Å². The highest BCUT2D eigenvalue weighted by atomic mass is 32.2. The van der Waals surface area contributed by atoms with Gasteiger partial charge in [-0.1, -0.05) is 36.0 Å². The van der Waals surface area contributed by atoms with Crippen LogP contribution in [0.25, 0.3) is 11.1 Å². The number of nitrogens with zero attached hydrogens (tertiary/aromatic N) is 1. The van der Waals surface area contributed by atoms with Crippen molar-refractivity contribution in [3.05, 3.63) is 54.1 Å². The summed E-state index contributed by atoms with van der Waals surface area (Å²) in [5.74, 6) is 0.296. The number of fused-ring (bicyclic) bond motifs is 1. The van der Waals surface area contributed by atoms with Crippen molar-refractivity contribution in [1.29, 1.82) is 0 Å². The zero-order chi connectivity index (χ0) is 18.4. The fourth-order valence-corrected chi connectivity index (χ4v) is 3.03. The van der Waals surface area contributed by atoms with Crippen LogP contribution in [0, 0.1) is 0 Å². The van der Waals surface area contributed by atoms with Crippen LogP contribution < -0.4 is 4.74 Å². The second-order valence-electron chi connectivity index (χ2n) is 5.44. The molecule has 0 saturated heterocycles. The molecular weight excluding hydrogens is 354 g/mol. The van der Waals surface area contributed by atoms with Gasteiger partial charge in [-0.05, 0) is 31.2 Å². The first-order chi connectivity index (χ1) is 12.7. The van der Waals surface area contributed by atoms with E-state index >= 15 is 0 Å². The van der Waals surface area contributed by atoms with E-state index in [1.54, 1.807) is 31.2 Å². The number of aromatic nitrogens is 1. The zero-order valence-corrected chi connectivity index (χ0v) is 15.1. The van der Waals surface area contributed by atoms with Crippen molar-refractivity contribution in [3.63, 3.8) is 0 Å². The van der Waals surface area contributed by atoms with Gasteiger partial charge in [0.05, 0.1) is 12.7 Å². The van der Waals surface area contributed by atoms with E-state index in [1.807, 2.05) is 24.3 Å². The lowest BCUT2D eigenvalue weighted by Gasteiger charge is -2.13. The normalized spacial score (nSPS) is 12.1. The van der Waals surface area contributed by atoms with Crippen LogP contribution in [-0.4, -0.2) is 41.1 Å². The van der Waals surface area contributed by atoms with Crippen molar-refractivity contribution in [2.24, 2.45) is 0 Å².